The van der Waals surface area contributed by atoms with Gasteiger partial charge in [0.2, 0.25) is 0 Å². The van der Waals surface area contributed by atoms with Crippen LogP contribution in [0.3, 0.4) is 0 Å². The Morgan fingerprint density at radius 1 is 0.947 bits per heavy atom. The van der Waals surface area contributed by atoms with E-state index in [1.807, 2.05) is 26.8 Å². The van der Waals surface area contributed by atoms with Gasteiger partial charge in [-0.1, -0.05) is 13.2 Å². The molecular weight excluding hydrogens is 236 g/mol. The maximum absolute atomic E-state index is 5.82. The molecule has 0 heterocycles. The molecule has 19 heavy (non-hydrogen) atoms. The van der Waals surface area contributed by atoms with Gasteiger partial charge in [-0.2, -0.15) is 0 Å². The second kappa shape index (κ2) is 6.46. The number of ether oxygens (including phenoxy) is 2. The second-order valence-electron chi connectivity index (χ2n) is 5.26. The summed E-state index contributed by atoms with van der Waals surface area (Å²) in [6.07, 6.45) is 0. The molecule has 0 spiro atoms. The maximum atomic E-state index is 5.82. The van der Waals surface area contributed by atoms with E-state index >= 15 is 0 Å². The molecule has 0 amide bonds. The summed E-state index contributed by atoms with van der Waals surface area (Å²) >= 11 is 0. The first-order valence-electron chi connectivity index (χ1n) is 6.48. The van der Waals surface area contributed by atoms with Gasteiger partial charge >= 0.3 is 0 Å². The summed E-state index contributed by atoms with van der Waals surface area (Å²) in [5.41, 5.74) is 5.35. The van der Waals surface area contributed by atoms with E-state index < -0.39 is 0 Å². The van der Waals surface area contributed by atoms with Crippen LogP contribution in [0, 0.1) is 20.8 Å². The average Bonchev–Trinajstić information content (AvgIpc) is 2.31. The normalized spacial score (nSPS) is 10.2. The van der Waals surface area contributed by atoms with E-state index in [0.29, 0.717) is 13.2 Å². The summed E-state index contributed by atoms with van der Waals surface area (Å²) in [6, 6.07) is 2.03. The molecule has 0 N–H and O–H groups in total. The van der Waals surface area contributed by atoms with Crippen LogP contribution in [-0.2, 0) is 0 Å². The van der Waals surface area contributed by atoms with Crippen LogP contribution in [0.25, 0.3) is 0 Å². The highest BCUT2D eigenvalue weighted by Gasteiger charge is 2.12. The Labute approximate surface area is 116 Å². The fourth-order valence-corrected chi connectivity index (χ4v) is 1.79. The lowest BCUT2D eigenvalue weighted by atomic mass is 10.0. The molecule has 0 atom stereocenters. The Kier molecular flexibility index (Phi) is 5.22. The Balaban J connectivity index is 3.01. The van der Waals surface area contributed by atoms with Gasteiger partial charge in [-0.05, 0) is 68.5 Å². The predicted octanol–water partition coefficient (Wildman–Crippen LogP) is 4.52. The molecule has 0 aliphatic carbocycles. The minimum atomic E-state index is 0.547. The highest BCUT2D eigenvalue weighted by molar-refractivity contribution is 5.52. The van der Waals surface area contributed by atoms with Crippen molar-refractivity contribution in [2.45, 2.75) is 34.6 Å². The zero-order valence-corrected chi connectivity index (χ0v) is 12.7. The highest BCUT2D eigenvalue weighted by atomic mass is 16.5. The Morgan fingerprint density at radius 3 is 2.00 bits per heavy atom. The molecule has 0 fully saturated rings. The van der Waals surface area contributed by atoms with Gasteiger partial charge in [0.25, 0.3) is 0 Å². The van der Waals surface area contributed by atoms with E-state index in [9.17, 15) is 0 Å². The molecule has 1 aromatic carbocycles. The van der Waals surface area contributed by atoms with Crippen LogP contribution < -0.4 is 9.47 Å². The molecule has 2 heteroatoms. The molecule has 0 aliphatic rings. The molecule has 0 aromatic heterocycles. The third-order valence-electron chi connectivity index (χ3n) is 2.92. The summed E-state index contributed by atoms with van der Waals surface area (Å²) in [5.74, 6) is 1.84. The number of hydrogen-bond acceptors (Lipinski definition) is 2. The summed E-state index contributed by atoms with van der Waals surface area (Å²) in [6.45, 7) is 18.9. The topological polar surface area (TPSA) is 18.5 Å². The van der Waals surface area contributed by atoms with Crippen molar-refractivity contribution in [1.82, 2.24) is 0 Å². The van der Waals surface area contributed by atoms with Crippen molar-refractivity contribution < 1.29 is 9.47 Å². The molecule has 0 radical (unpaired) electrons. The van der Waals surface area contributed by atoms with Crippen molar-refractivity contribution in [3.8, 4) is 11.5 Å². The number of benzene rings is 1. The third kappa shape index (κ3) is 4.16. The van der Waals surface area contributed by atoms with Crippen molar-refractivity contribution >= 4 is 0 Å². The zero-order chi connectivity index (χ0) is 14.6. The van der Waals surface area contributed by atoms with Gasteiger partial charge in [0.1, 0.15) is 24.7 Å². The average molecular weight is 260 g/mol. The summed E-state index contributed by atoms with van der Waals surface area (Å²) in [5, 5.41) is 0. The van der Waals surface area contributed by atoms with E-state index in [4.69, 9.17) is 9.47 Å². The van der Waals surface area contributed by atoms with Crippen molar-refractivity contribution in [2.75, 3.05) is 13.2 Å². The number of rotatable bonds is 6. The van der Waals surface area contributed by atoms with Crippen LogP contribution >= 0.6 is 0 Å². The van der Waals surface area contributed by atoms with Crippen LogP contribution in [0.5, 0.6) is 11.5 Å². The number of aryl methyl sites for hydroxylation is 1. The highest BCUT2D eigenvalue weighted by Crippen LogP contribution is 2.33. The largest absolute Gasteiger partial charge is 0.489 e. The van der Waals surface area contributed by atoms with E-state index in [1.165, 1.54) is 0 Å². The molecule has 2 nitrogen and oxygen atoms in total. The lowest BCUT2D eigenvalue weighted by molar-refractivity contribution is 0.336. The SMILES string of the molecule is C=C(C)COc1cc(C)c(OCC(=C)C)c(C)c1C. The molecule has 0 saturated heterocycles. The molecule has 0 unspecified atom stereocenters. The van der Waals surface area contributed by atoms with Crippen LogP contribution in [0.15, 0.2) is 30.4 Å². The van der Waals surface area contributed by atoms with Gasteiger partial charge in [-0.15, -0.1) is 0 Å². The first kappa shape index (κ1) is 15.4. The minimum absolute atomic E-state index is 0.547. The van der Waals surface area contributed by atoms with Crippen LogP contribution in [0.1, 0.15) is 30.5 Å². The van der Waals surface area contributed by atoms with E-state index in [-0.39, 0.29) is 0 Å². The van der Waals surface area contributed by atoms with Crippen molar-refractivity contribution in [1.29, 1.82) is 0 Å². The van der Waals surface area contributed by atoms with Gasteiger partial charge in [0.15, 0.2) is 0 Å². The fourth-order valence-electron chi connectivity index (χ4n) is 1.79. The smallest absolute Gasteiger partial charge is 0.126 e. The van der Waals surface area contributed by atoms with E-state index in [1.54, 1.807) is 0 Å². The van der Waals surface area contributed by atoms with E-state index in [0.717, 1.165) is 39.3 Å². The molecule has 1 rings (SSSR count). The van der Waals surface area contributed by atoms with Crippen LogP contribution in [0.2, 0.25) is 0 Å². The quantitative estimate of drug-likeness (QED) is 0.700. The second-order valence-corrected chi connectivity index (χ2v) is 5.26. The van der Waals surface area contributed by atoms with E-state index in [2.05, 4.69) is 27.0 Å². The Hall–Kier alpha value is -1.70. The van der Waals surface area contributed by atoms with Crippen molar-refractivity contribution in [2.24, 2.45) is 0 Å². The molecule has 1 aromatic rings. The molecule has 104 valence electrons. The molecular formula is C17H24O2. The van der Waals surface area contributed by atoms with Gasteiger partial charge in [-0.3, -0.25) is 0 Å². The number of hydrogen-bond donors (Lipinski definition) is 0. The van der Waals surface area contributed by atoms with Crippen LogP contribution in [0.4, 0.5) is 0 Å². The van der Waals surface area contributed by atoms with Gasteiger partial charge in [-0.25, -0.2) is 0 Å². The lowest BCUT2D eigenvalue weighted by Crippen LogP contribution is -2.05. The predicted molar refractivity (Wildman–Crippen MR) is 81.3 cm³/mol. The molecule has 0 aliphatic heterocycles. The van der Waals surface area contributed by atoms with Gasteiger partial charge in [0.05, 0.1) is 0 Å². The summed E-state index contributed by atoms with van der Waals surface area (Å²) < 4.78 is 11.6. The van der Waals surface area contributed by atoms with Gasteiger partial charge < -0.3 is 9.47 Å². The zero-order valence-electron chi connectivity index (χ0n) is 12.7. The van der Waals surface area contributed by atoms with Crippen molar-refractivity contribution in [3.63, 3.8) is 0 Å². The Morgan fingerprint density at radius 2 is 1.47 bits per heavy atom. The molecule has 0 bridgehead atoms. The lowest BCUT2D eigenvalue weighted by Gasteiger charge is -2.18. The Bertz CT molecular complexity index is 498. The van der Waals surface area contributed by atoms with Crippen molar-refractivity contribution in [3.05, 3.63) is 47.1 Å². The summed E-state index contributed by atoms with van der Waals surface area (Å²) in [4.78, 5) is 0. The monoisotopic (exact) mass is 260 g/mol. The first-order valence-corrected chi connectivity index (χ1v) is 6.48. The third-order valence-corrected chi connectivity index (χ3v) is 2.92. The van der Waals surface area contributed by atoms with Crippen LogP contribution in [-0.4, -0.2) is 13.2 Å². The first-order chi connectivity index (χ1) is 8.82. The fraction of sp³-hybridized carbons (Fsp3) is 0.412. The maximum Gasteiger partial charge on any atom is 0.126 e. The van der Waals surface area contributed by atoms with Gasteiger partial charge in [0, 0.05) is 0 Å². The minimum Gasteiger partial charge on any atom is -0.489 e. The summed E-state index contributed by atoms with van der Waals surface area (Å²) in [7, 11) is 0. The molecule has 0 saturated carbocycles. The standard InChI is InChI=1S/C17H24O2/c1-11(2)9-18-16-8-13(5)17(15(7)14(16)6)19-10-12(3)4/h8H,1,3,9-10H2,2,4-7H3.